The van der Waals surface area contributed by atoms with Gasteiger partial charge in [0, 0.05) is 0 Å². The summed E-state index contributed by atoms with van der Waals surface area (Å²) in [6, 6.07) is 0. The van der Waals surface area contributed by atoms with Crippen LogP contribution in [0.25, 0.3) is 0 Å². The van der Waals surface area contributed by atoms with Gasteiger partial charge >= 0.3 is 0 Å². The first-order valence-electron chi connectivity index (χ1n) is 4.10. The molecule has 0 saturated heterocycles. The van der Waals surface area contributed by atoms with Crippen LogP contribution in [0.2, 0.25) is 0 Å². The molecule has 0 aliphatic heterocycles. The van der Waals surface area contributed by atoms with Crippen molar-refractivity contribution in [1.29, 1.82) is 0 Å². The van der Waals surface area contributed by atoms with Gasteiger partial charge in [-0.05, 0) is 37.5 Å². The van der Waals surface area contributed by atoms with Crippen LogP contribution in [0.5, 0.6) is 0 Å². The number of hydrogen-bond acceptors (Lipinski definition) is 1. The van der Waals surface area contributed by atoms with Crippen LogP contribution in [-0.4, -0.2) is 10.7 Å². The lowest BCUT2D eigenvalue weighted by Gasteiger charge is -2.28. The average molecular weight is 138 g/mol. The van der Waals surface area contributed by atoms with Crippen LogP contribution in [-0.2, 0) is 0 Å². The monoisotopic (exact) mass is 138 g/mol. The molecule has 3 atom stereocenters. The van der Waals surface area contributed by atoms with Gasteiger partial charge in [0.2, 0.25) is 0 Å². The van der Waals surface area contributed by atoms with Crippen LogP contribution in [0.4, 0.5) is 0 Å². The SMILES string of the molecule is C=C[C@]1(O)C[C@H]2CC[C@@H]1C2. The number of fused-ring (bicyclic) bond motifs is 2. The van der Waals surface area contributed by atoms with Gasteiger partial charge in [-0.15, -0.1) is 6.58 Å². The summed E-state index contributed by atoms with van der Waals surface area (Å²) in [6.07, 6.45) is 6.51. The third-order valence-electron chi connectivity index (χ3n) is 3.22. The fourth-order valence-electron chi connectivity index (χ4n) is 2.59. The highest BCUT2D eigenvalue weighted by atomic mass is 16.3. The Morgan fingerprint density at radius 3 is 2.60 bits per heavy atom. The number of aliphatic hydroxyl groups is 1. The molecule has 2 aliphatic carbocycles. The summed E-state index contributed by atoms with van der Waals surface area (Å²) in [7, 11) is 0. The summed E-state index contributed by atoms with van der Waals surface area (Å²) in [6.45, 7) is 3.68. The van der Waals surface area contributed by atoms with Crippen LogP contribution in [0.3, 0.4) is 0 Å². The van der Waals surface area contributed by atoms with Crippen molar-refractivity contribution in [3.05, 3.63) is 12.7 Å². The Morgan fingerprint density at radius 2 is 2.30 bits per heavy atom. The largest absolute Gasteiger partial charge is 0.386 e. The van der Waals surface area contributed by atoms with Gasteiger partial charge in [0.15, 0.2) is 0 Å². The first kappa shape index (κ1) is 6.41. The van der Waals surface area contributed by atoms with Gasteiger partial charge in [-0.3, -0.25) is 0 Å². The van der Waals surface area contributed by atoms with Crippen LogP contribution < -0.4 is 0 Å². The lowest BCUT2D eigenvalue weighted by Crippen LogP contribution is -2.32. The third kappa shape index (κ3) is 0.671. The van der Waals surface area contributed by atoms with Gasteiger partial charge in [0.25, 0.3) is 0 Å². The molecule has 1 N–H and O–H groups in total. The van der Waals surface area contributed by atoms with E-state index in [1.54, 1.807) is 6.08 Å². The van der Waals surface area contributed by atoms with Crippen molar-refractivity contribution >= 4 is 0 Å². The van der Waals surface area contributed by atoms with Crippen molar-refractivity contribution in [2.45, 2.75) is 31.3 Å². The molecule has 0 aromatic rings. The summed E-state index contributed by atoms with van der Waals surface area (Å²) in [5.74, 6) is 1.34. The molecule has 2 aliphatic rings. The van der Waals surface area contributed by atoms with E-state index in [4.69, 9.17) is 0 Å². The predicted octanol–water partition coefficient (Wildman–Crippen LogP) is 1.72. The van der Waals surface area contributed by atoms with E-state index in [0.717, 1.165) is 12.3 Å². The van der Waals surface area contributed by atoms with Gasteiger partial charge < -0.3 is 5.11 Å². The average Bonchev–Trinajstić information content (AvgIpc) is 2.46. The quantitative estimate of drug-likeness (QED) is 0.547. The van der Waals surface area contributed by atoms with E-state index in [1.807, 2.05) is 0 Å². The Morgan fingerprint density at radius 1 is 1.50 bits per heavy atom. The molecular weight excluding hydrogens is 124 g/mol. The van der Waals surface area contributed by atoms with Crippen molar-refractivity contribution in [1.82, 2.24) is 0 Å². The van der Waals surface area contributed by atoms with Crippen LogP contribution in [0.1, 0.15) is 25.7 Å². The standard InChI is InChI=1S/C9H14O/c1-2-9(10)6-7-3-4-8(9)5-7/h2,7-8,10H,1,3-6H2/t7-,8+,9-/m0/s1. The van der Waals surface area contributed by atoms with Crippen LogP contribution in [0.15, 0.2) is 12.7 Å². The van der Waals surface area contributed by atoms with E-state index in [1.165, 1.54) is 19.3 Å². The van der Waals surface area contributed by atoms with E-state index < -0.39 is 5.60 Å². The molecule has 0 radical (unpaired) electrons. The Kier molecular flexibility index (Phi) is 1.19. The van der Waals surface area contributed by atoms with Crippen molar-refractivity contribution in [2.75, 3.05) is 0 Å². The summed E-state index contributed by atoms with van der Waals surface area (Å²) in [5, 5.41) is 9.87. The van der Waals surface area contributed by atoms with E-state index in [2.05, 4.69) is 6.58 Å². The Bertz CT molecular complexity index is 164. The summed E-state index contributed by atoms with van der Waals surface area (Å²) in [4.78, 5) is 0. The minimum absolute atomic E-state index is 0.483. The second-order valence-corrected chi connectivity index (χ2v) is 3.78. The van der Waals surface area contributed by atoms with Gasteiger partial charge in [0.1, 0.15) is 0 Å². The molecule has 0 aromatic heterocycles. The van der Waals surface area contributed by atoms with Crippen molar-refractivity contribution in [2.24, 2.45) is 11.8 Å². The maximum Gasteiger partial charge on any atom is 0.0855 e. The molecule has 56 valence electrons. The second-order valence-electron chi connectivity index (χ2n) is 3.78. The number of hydrogen-bond donors (Lipinski definition) is 1. The predicted molar refractivity (Wildman–Crippen MR) is 40.6 cm³/mol. The van der Waals surface area contributed by atoms with E-state index >= 15 is 0 Å². The molecule has 1 nitrogen and oxygen atoms in total. The Balaban J connectivity index is 2.21. The lowest BCUT2D eigenvalue weighted by atomic mass is 9.84. The molecule has 2 saturated carbocycles. The van der Waals surface area contributed by atoms with Gasteiger partial charge in [-0.1, -0.05) is 6.08 Å². The van der Waals surface area contributed by atoms with E-state index in [9.17, 15) is 5.11 Å². The highest BCUT2D eigenvalue weighted by Crippen LogP contribution is 2.51. The zero-order valence-corrected chi connectivity index (χ0v) is 6.21. The van der Waals surface area contributed by atoms with Crippen LogP contribution >= 0.6 is 0 Å². The molecule has 0 unspecified atom stereocenters. The molecule has 2 bridgehead atoms. The zero-order valence-electron chi connectivity index (χ0n) is 6.21. The zero-order chi connectivity index (χ0) is 7.19. The van der Waals surface area contributed by atoms with Crippen molar-refractivity contribution in [3.63, 3.8) is 0 Å². The number of rotatable bonds is 1. The first-order chi connectivity index (χ1) is 4.74. The third-order valence-corrected chi connectivity index (χ3v) is 3.22. The smallest absolute Gasteiger partial charge is 0.0855 e. The molecule has 0 spiro atoms. The Hall–Kier alpha value is -0.300. The maximum absolute atomic E-state index is 9.87. The van der Waals surface area contributed by atoms with Crippen LogP contribution in [0, 0.1) is 11.8 Å². The normalized spacial score (nSPS) is 51.7. The molecule has 10 heavy (non-hydrogen) atoms. The van der Waals surface area contributed by atoms with E-state index in [-0.39, 0.29) is 0 Å². The van der Waals surface area contributed by atoms with Crippen molar-refractivity contribution < 1.29 is 5.11 Å². The molecule has 1 heteroatoms. The summed E-state index contributed by atoms with van der Waals surface area (Å²) >= 11 is 0. The lowest BCUT2D eigenvalue weighted by molar-refractivity contribution is 0.0344. The second kappa shape index (κ2) is 1.85. The first-order valence-corrected chi connectivity index (χ1v) is 4.10. The molecule has 2 fully saturated rings. The summed E-state index contributed by atoms with van der Waals surface area (Å²) < 4.78 is 0. The minimum Gasteiger partial charge on any atom is -0.386 e. The van der Waals surface area contributed by atoms with Gasteiger partial charge in [0.05, 0.1) is 5.60 Å². The topological polar surface area (TPSA) is 20.2 Å². The molecule has 0 amide bonds. The highest BCUT2D eigenvalue weighted by Gasteiger charge is 2.47. The molecular formula is C9H14O. The van der Waals surface area contributed by atoms with Gasteiger partial charge in [-0.2, -0.15) is 0 Å². The van der Waals surface area contributed by atoms with Crippen molar-refractivity contribution in [3.8, 4) is 0 Å². The summed E-state index contributed by atoms with van der Waals surface area (Å²) in [5.41, 5.74) is -0.483. The maximum atomic E-state index is 9.87. The Labute approximate surface area is 61.8 Å². The minimum atomic E-state index is -0.483. The molecule has 0 aromatic carbocycles. The fraction of sp³-hybridized carbons (Fsp3) is 0.778. The van der Waals surface area contributed by atoms with Gasteiger partial charge in [-0.25, -0.2) is 0 Å². The van der Waals surface area contributed by atoms with E-state index in [0.29, 0.717) is 5.92 Å². The molecule has 0 heterocycles. The highest BCUT2D eigenvalue weighted by molar-refractivity contribution is 5.09. The fourth-order valence-corrected chi connectivity index (χ4v) is 2.59. The molecule has 2 rings (SSSR count).